The number of rotatable bonds is 7. The van der Waals surface area contributed by atoms with E-state index in [9.17, 15) is 4.79 Å². The van der Waals surface area contributed by atoms with Gasteiger partial charge in [-0.3, -0.25) is 4.79 Å². The number of pyridine rings is 1. The van der Waals surface area contributed by atoms with Crippen molar-refractivity contribution in [1.82, 2.24) is 19.7 Å². The molecule has 0 atom stereocenters. The van der Waals surface area contributed by atoms with Gasteiger partial charge in [0.1, 0.15) is 18.2 Å². The van der Waals surface area contributed by atoms with E-state index in [2.05, 4.69) is 36.4 Å². The first kappa shape index (κ1) is 18.4. The van der Waals surface area contributed by atoms with Crippen molar-refractivity contribution in [3.63, 3.8) is 0 Å². The summed E-state index contributed by atoms with van der Waals surface area (Å²) in [4.78, 5) is 16.1. The van der Waals surface area contributed by atoms with E-state index in [4.69, 9.17) is 4.74 Å². The van der Waals surface area contributed by atoms with Crippen LogP contribution in [0, 0.1) is 0 Å². The third kappa shape index (κ3) is 5.06. The van der Waals surface area contributed by atoms with Crippen LogP contribution in [0.3, 0.4) is 0 Å². The summed E-state index contributed by atoms with van der Waals surface area (Å²) in [5, 5.41) is 11.6. The van der Waals surface area contributed by atoms with E-state index >= 15 is 0 Å². The Kier molecular flexibility index (Phi) is 6.24. The summed E-state index contributed by atoms with van der Waals surface area (Å²) >= 11 is 4.61. The van der Waals surface area contributed by atoms with Gasteiger partial charge in [0.05, 0.1) is 5.75 Å². The Morgan fingerprint density at radius 3 is 2.77 bits per heavy atom. The Morgan fingerprint density at radius 2 is 2.04 bits per heavy atom. The number of para-hydroxylation sites is 1. The molecule has 0 aliphatic rings. The Hall–Kier alpha value is -2.39. The number of aromatic nitrogens is 4. The zero-order valence-corrected chi connectivity index (χ0v) is 16.3. The van der Waals surface area contributed by atoms with Gasteiger partial charge in [-0.25, -0.2) is 4.98 Å². The van der Waals surface area contributed by atoms with Gasteiger partial charge >= 0.3 is 0 Å². The summed E-state index contributed by atoms with van der Waals surface area (Å²) in [6.07, 6.45) is 1.63. The van der Waals surface area contributed by atoms with E-state index in [1.54, 1.807) is 12.3 Å². The van der Waals surface area contributed by atoms with E-state index in [0.29, 0.717) is 23.4 Å². The molecule has 3 aromatic rings. The van der Waals surface area contributed by atoms with Crippen LogP contribution in [0.25, 0.3) is 0 Å². The topological polar surface area (TPSA) is 81.9 Å². The van der Waals surface area contributed by atoms with Crippen molar-refractivity contribution in [1.29, 1.82) is 0 Å². The average molecular weight is 434 g/mol. The first-order chi connectivity index (χ1) is 12.6. The zero-order chi connectivity index (χ0) is 18.4. The summed E-state index contributed by atoms with van der Waals surface area (Å²) in [7, 11) is 1.85. The summed E-state index contributed by atoms with van der Waals surface area (Å²) in [6.45, 7) is 0.309. The number of thioether (sulfide) groups is 1. The number of nitrogens with one attached hydrogen (secondary N) is 1. The van der Waals surface area contributed by atoms with Crippen LogP contribution < -0.4 is 10.1 Å². The maximum Gasteiger partial charge on any atom is 0.236 e. The van der Waals surface area contributed by atoms with Crippen LogP contribution in [0.4, 0.5) is 5.82 Å². The molecule has 0 bridgehead atoms. The van der Waals surface area contributed by atoms with E-state index in [1.807, 2.05) is 48.0 Å². The van der Waals surface area contributed by atoms with Crippen molar-refractivity contribution in [2.45, 2.75) is 11.8 Å². The molecular formula is C17H16BrN5O2S. The molecule has 0 unspecified atom stereocenters. The molecule has 0 saturated heterocycles. The van der Waals surface area contributed by atoms with Crippen LogP contribution in [0.5, 0.6) is 5.75 Å². The molecule has 134 valence electrons. The fourth-order valence-electron chi connectivity index (χ4n) is 2.02. The third-order valence-electron chi connectivity index (χ3n) is 3.36. The Morgan fingerprint density at radius 1 is 1.23 bits per heavy atom. The first-order valence-corrected chi connectivity index (χ1v) is 9.50. The lowest BCUT2D eigenvalue weighted by Gasteiger charge is -2.06. The summed E-state index contributed by atoms with van der Waals surface area (Å²) < 4.78 is 8.35. The second kappa shape index (κ2) is 8.81. The van der Waals surface area contributed by atoms with Gasteiger partial charge < -0.3 is 14.6 Å². The van der Waals surface area contributed by atoms with Crippen LogP contribution in [0.1, 0.15) is 5.82 Å². The highest BCUT2D eigenvalue weighted by Gasteiger charge is 2.12. The zero-order valence-electron chi connectivity index (χ0n) is 13.9. The molecule has 0 fully saturated rings. The molecule has 26 heavy (non-hydrogen) atoms. The van der Waals surface area contributed by atoms with Gasteiger partial charge in [-0.1, -0.05) is 30.0 Å². The predicted octanol–water partition coefficient (Wildman–Crippen LogP) is 3.28. The van der Waals surface area contributed by atoms with E-state index in [0.717, 1.165) is 10.2 Å². The lowest BCUT2D eigenvalue weighted by Crippen LogP contribution is -2.15. The molecule has 9 heteroatoms. The van der Waals surface area contributed by atoms with E-state index in [1.165, 1.54) is 11.8 Å². The molecule has 3 rings (SSSR count). The number of ether oxygens (including phenoxy) is 1. The fourth-order valence-corrected chi connectivity index (χ4v) is 2.98. The highest BCUT2D eigenvalue weighted by atomic mass is 79.9. The molecule has 0 saturated carbocycles. The second-order valence-electron chi connectivity index (χ2n) is 5.26. The number of anilines is 1. The smallest absolute Gasteiger partial charge is 0.236 e. The number of hydrogen-bond donors (Lipinski definition) is 1. The van der Waals surface area contributed by atoms with Crippen LogP contribution in [0.2, 0.25) is 0 Å². The standard InChI is InChI=1S/C17H16BrN5O2S/c1-23-15(10-25-13-5-3-2-4-6-13)21-22-17(23)26-11-16(24)20-14-8-7-12(18)9-19-14/h2-9H,10-11H2,1H3,(H,19,20,24). The maximum absolute atomic E-state index is 12.0. The average Bonchev–Trinajstić information content (AvgIpc) is 3.01. The van der Waals surface area contributed by atoms with Crippen molar-refractivity contribution in [3.8, 4) is 5.75 Å². The van der Waals surface area contributed by atoms with Gasteiger partial charge in [0.25, 0.3) is 0 Å². The van der Waals surface area contributed by atoms with Crippen molar-refractivity contribution in [3.05, 3.63) is 59.0 Å². The normalized spacial score (nSPS) is 10.5. The number of halogens is 1. The Bertz CT molecular complexity index is 871. The fraction of sp³-hybridized carbons (Fsp3) is 0.176. The molecular weight excluding hydrogens is 418 g/mol. The minimum Gasteiger partial charge on any atom is -0.486 e. The quantitative estimate of drug-likeness (QED) is 0.575. The minimum absolute atomic E-state index is 0.157. The highest BCUT2D eigenvalue weighted by molar-refractivity contribution is 9.10. The summed E-state index contributed by atoms with van der Waals surface area (Å²) in [5.41, 5.74) is 0. The first-order valence-electron chi connectivity index (χ1n) is 7.72. The van der Waals surface area contributed by atoms with Crippen LogP contribution in [0.15, 0.2) is 58.3 Å². The molecule has 1 N–H and O–H groups in total. The van der Waals surface area contributed by atoms with Gasteiger partial charge in [-0.15, -0.1) is 10.2 Å². The van der Waals surface area contributed by atoms with Crippen molar-refractivity contribution in [2.75, 3.05) is 11.1 Å². The Labute approximate surface area is 163 Å². The molecule has 0 aliphatic heterocycles. The Balaban J connectivity index is 1.51. The maximum atomic E-state index is 12.0. The summed E-state index contributed by atoms with van der Waals surface area (Å²) in [5.74, 6) is 2.02. The van der Waals surface area contributed by atoms with Gasteiger partial charge in [-0.05, 0) is 40.2 Å². The lowest BCUT2D eigenvalue weighted by atomic mass is 10.3. The van der Waals surface area contributed by atoms with Gasteiger partial charge in [-0.2, -0.15) is 0 Å². The number of hydrogen-bond acceptors (Lipinski definition) is 6. The molecule has 2 heterocycles. The SMILES string of the molecule is Cn1c(COc2ccccc2)nnc1SCC(=O)Nc1ccc(Br)cn1. The van der Waals surface area contributed by atoms with Crippen molar-refractivity contribution in [2.24, 2.45) is 7.05 Å². The largest absolute Gasteiger partial charge is 0.486 e. The molecule has 7 nitrogen and oxygen atoms in total. The van der Waals surface area contributed by atoms with Gasteiger partial charge in [0.2, 0.25) is 5.91 Å². The number of benzene rings is 1. The summed E-state index contributed by atoms with van der Waals surface area (Å²) in [6, 6.07) is 13.1. The highest BCUT2D eigenvalue weighted by Crippen LogP contribution is 2.18. The second-order valence-corrected chi connectivity index (χ2v) is 7.12. The lowest BCUT2D eigenvalue weighted by molar-refractivity contribution is -0.113. The number of carbonyl (C=O) groups excluding carboxylic acids is 1. The third-order valence-corrected chi connectivity index (χ3v) is 4.85. The van der Waals surface area contributed by atoms with Gasteiger partial charge in [0.15, 0.2) is 11.0 Å². The predicted molar refractivity (Wildman–Crippen MR) is 103 cm³/mol. The van der Waals surface area contributed by atoms with Crippen LogP contribution >= 0.6 is 27.7 Å². The molecule has 1 amide bonds. The van der Waals surface area contributed by atoms with Crippen molar-refractivity contribution < 1.29 is 9.53 Å². The number of amides is 1. The van der Waals surface area contributed by atoms with Crippen molar-refractivity contribution >= 4 is 39.4 Å². The van der Waals surface area contributed by atoms with Crippen LogP contribution in [-0.4, -0.2) is 31.4 Å². The number of carbonyl (C=O) groups is 1. The molecule has 1 aromatic carbocycles. The van der Waals surface area contributed by atoms with Gasteiger partial charge in [0, 0.05) is 17.7 Å². The molecule has 2 aromatic heterocycles. The molecule has 0 radical (unpaired) electrons. The minimum atomic E-state index is -0.157. The molecule has 0 aliphatic carbocycles. The van der Waals surface area contributed by atoms with E-state index < -0.39 is 0 Å². The molecule has 0 spiro atoms. The number of nitrogens with zero attached hydrogens (tertiary/aromatic N) is 4. The van der Waals surface area contributed by atoms with E-state index in [-0.39, 0.29) is 11.7 Å². The van der Waals surface area contributed by atoms with Crippen LogP contribution in [-0.2, 0) is 18.4 Å². The monoisotopic (exact) mass is 433 g/mol.